The van der Waals surface area contributed by atoms with Gasteiger partial charge in [-0.25, -0.2) is 17.6 Å². The van der Waals surface area contributed by atoms with Crippen LogP contribution in [0.25, 0.3) is 0 Å². The molecule has 156 valence electrons. The second-order valence-corrected chi connectivity index (χ2v) is 9.19. The molecule has 1 aliphatic rings. The van der Waals surface area contributed by atoms with Crippen molar-refractivity contribution in [1.82, 2.24) is 14.5 Å². The fourth-order valence-electron chi connectivity index (χ4n) is 3.27. The van der Waals surface area contributed by atoms with E-state index in [1.54, 1.807) is 23.1 Å². The van der Waals surface area contributed by atoms with Gasteiger partial charge >= 0.3 is 6.03 Å². The number of benzene rings is 2. The summed E-state index contributed by atoms with van der Waals surface area (Å²) in [6.45, 7) is 5.40. The first-order valence-electron chi connectivity index (χ1n) is 9.62. The number of carbonyl (C=O) groups is 1. The SMILES string of the molecule is Cc1ccc(S(=O)(=O)N2CCN(C(=O)NCCc3cccc(F)c3)CC2)cc1C. The summed E-state index contributed by atoms with van der Waals surface area (Å²) in [6.07, 6.45) is 0.532. The maximum absolute atomic E-state index is 13.2. The van der Waals surface area contributed by atoms with E-state index in [1.165, 1.54) is 16.4 Å². The number of urea groups is 1. The van der Waals surface area contributed by atoms with Gasteiger partial charge in [-0.1, -0.05) is 18.2 Å². The average molecular weight is 420 g/mol. The van der Waals surface area contributed by atoms with Gasteiger partial charge in [-0.2, -0.15) is 4.31 Å². The molecular formula is C21H26FN3O3S. The quantitative estimate of drug-likeness (QED) is 0.810. The van der Waals surface area contributed by atoms with Crippen LogP contribution >= 0.6 is 0 Å². The molecule has 2 aromatic carbocycles. The van der Waals surface area contributed by atoms with Crippen LogP contribution in [0.15, 0.2) is 47.4 Å². The molecule has 0 aliphatic carbocycles. The van der Waals surface area contributed by atoms with E-state index in [-0.39, 0.29) is 29.8 Å². The number of piperazine rings is 1. The Hall–Kier alpha value is -2.45. The number of halogens is 1. The Bertz CT molecular complexity index is 986. The first kappa shape index (κ1) is 21.3. The number of nitrogens with one attached hydrogen (secondary N) is 1. The largest absolute Gasteiger partial charge is 0.338 e. The normalized spacial score (nSPS) is 15.3. The highest BCUT2D eigenvalue weighted by molar-refractivity contribution is 7.89. The predicted molar refractivity (Wildman–Crippen MR) is 110 cm³/mol. The number of carbonyl (C=O) groups excluding carboxylic acids is 1. The van der Waals surface area contributed by atoms with Crippen LogP contribution in [0.3, 0.4) is 0 Å². The molecule has 1 fully saturated rings. The Morgan fingerprint density at radius 2 is 1.76 bits per heavy atom. The Labute approximate surface area is 171 Å². The van der Waals surface area contributed by atoms with Crippen LogP contribution in [0.5, 0.6) is 0 Å². The van der Waals surface area contributed by atoms with Gasteiger partial charge in [0.15, 0.2) is 0 Å². The molecule has 6 nitrogen and oxygen atoms in total. The van der Waals surface area contributed by atoms with Gasteiger partial charge in [0.25, 0.3) is 0 Å². The third-order valence-corrected chi connectivity index (χ3v) is 7.12. The second-order valence-electron chi connectivity index (χ2n) is 7.25. The van der Waals surface area contributed by atoms with Crippen molar-refractivity contribution in [1.29, 1.82) is 0 Å². The fraction of sp³-hybridized carbons (Fsp3) is 0.381. The Morgan fingerprint density at radius 1 is 1.03 bits per heavy atom. The first-order chi connectivity index (χ1) is 13.8. The Balaban J connectivity index is 1.51. The van der Waals surface area contributed by atoms with Crippen LogP contribution in [0.2, 0.25) is 0 Å². The molecule has 8 heteroatoms. The molecule has 0 saturated carbocycles. The topological polar surface area (TPSA) is 69.7 Å². The summed E-state index contributed by atoms with van der Waals surface area (Å²) in [5.74, 6) is -0.296. The molecule has 1 saturated heterocycles. The van der Waals surface area contributed by atoms with E-state index in [1.807, 2.05) is 26.0 Å². The first-order valence-corrected chi connectivity index (χ1v) is 11.1. The summed E-state index contributed by atoms with van der Waals surface area (Å²) in [5, 5.41) is 2.82. The van der Waals surface area contributed by atoms with E-state index >= 15 is 0 Å². The predicted octanol–water partition coefficient (Wildman–Crippen LogP) is 2.70. The third-order valence-electron chi connectivity index (χ3n) is 5.22. The van der Waals surface area contributed by atoms with E-state index < -0.39 is 10.0 Å². The molecule has 0 bridgehead atoms. The van der Waals surface area contributed by atoms with E-state index in [4.69, 9.17) is 0 Å². The minimum atomic E-state index is -3.57. The molecular weight excluding hydrogens is 393 g/mol. The molecule has 0 unspecified atom stereocenters. The van der Waals surface area contributed by atoms with Crippen LogP contribution in [0.4, 0.5) is 9.18 Å². The standard InChI is InChI=1S/C21H26FN3O3S/c1-16-6-7-20(14-17(16)2)29(27,28)25-12-10-24(11-13-25)21(26)23-9-8-18-4-3-5-19(22)15-18/h3-7,14-15H,8-13H2,1-2H3,(H,23,26). The number of sulfonamides is 1. The molecule has 2 aromatic rings. The van der Waals surface area contributed by atoms with Crippen LogP contribution in [0.1, 0.15) is 16.7 Å². The van der Waals surface area contributed by atoms with Crippen molar-refractivity contribution in [3.8, 4) is 0 Å². The van der Waals surface area contributed by atoms with Gasteiger partial charge in [-0.3, -0.25) is 0 Å². The van der Waals surface area contributed by atoms with Crippen molar-refractivity contribution in [3.63, 3.8) is 0 Å². The van der Waals surface area contributed by atoms with Crippen molar-refractivity contribution in [2.24, 2.45) is 0 Å². The minimum Gasteiger partial charge on any atom is -0.338 e. The molecule has 29 heavy (non-hydrogen) atoms. The van der Waals surface area contributed by atoms with Gasteiger partial charge in [0.05, 0.1) is 4.90 Å². The van der Waals surface area contributed by atoms with Gasteiger partial charge in [0, 0.05) is 32.7 Å². The Morgan fingerprint density at radius 3 is 2.41 bits per heavy atom. The van der Waals surface area contributed by atoms with Crippen molar-refractivity contribution < 1.29 is 17.6 Å². The molecule has 0 radical (unpaired) electrons. The van der Waals surface area contributed by atoms with Crippen LogP contribution in [-0.2, 0) is 16.4 Å². The second kappa shape index (κ2) is 8.92. The lowest BCUT2D eigenvalue weighted by molar-refractivity contribution is 0.172. The number of nitrogens with zero attached hydrogens (tertiary/aromatic N) is 2. The number of hydrogen-bond donors (Lipinski definition) is 1. The summed E-state index contributed by atoms with van der Waals surface area (Å²) >= 11 is 0. The summed E-state index contributed by atoms with van der Waals surface area (Å²) < 4.78 is 40.3. The summed E-state index contributed by atoms with van der Waals surface area (Å²) in [7, 11) is -3.57. The third kappa shape index (κ3) is 5.13. The summed E-state index contributed by atoms with van der Waals surface area (Å²) in [6, 6.07) is 11.2. The molecule has 1 N–H and O–H groups in total. The number of amides is 2. The number of aryl methyl sites for hydroxylation is 2. The van der Waals surface area contributed by atoms with Gasteiger partial charge in [-0.05, 0) is 61.2 Å². The molecule has 3 rings (SSSR count). The minimum absolute atomic E-state index is 0.232. The fourth-order valence-corrected chi connectivity index (χ4v) is 4.78. The monoisotopic (exact) mass is 419 g/mol. The van der Waals surface area contributed by atoms with Gasteiger partial charge in [-0.15, -0.1) is 0 Å². The maximum atomic E-state index is 13.2. The van der Waals surface area contributed by atoms with Gasteiger partial charge < -0.3 is 10.2 Å². The van der Waals surface area contributed by atoms with E-state index in [2.05, 4.69) is 5.32 Å². The highest BCUT2D eigenvalue weighted by Crippen LogP contribution is 2.20. The van der Waals surface area contributed by atoms with Crippen LogP contribution in [0, 0.1) is 19.7 Å². The lowest BCUT2D eigenvalue weighted by Gasteiger charge is -2.34. The zero-order valence-electron chi connectivity index (χ0n) is 16.7. The van der Waals surface area contributed by atoms with E-state index in [0.29, 0.717) is 26.1 Å². The highest BCUT2D eigenvalue weighted by Gasteiger charge is 2.30. The maximum Gasteiger partial charge on any atom is 0.317 e. The number of rotatable bonds is 5. The highest BCUT2D eigenvalue weighted by atomic mass is 32.2. The van der Waals surface area contributed by atoms with E-state index in [0.717, 1.165) is 16.7 Å². The average Bonchev–Trinajstić information content (AvgIpc) is 2.70. The Kier molecular flexibility index (Phi) is 6.54. The van der Waals surface area contributed by atoms with Crippen LogP contribution in [-0.4, -0.2) is 56.4 Å². The molecule has 0 atom stereocenters. The van der Waals surface area contributed by atoms with Crippen molar-refractivity contribution >= 4 is 16.1 Å². The molecule has 0 spiro atoms. The van der Waals surface area contributed by atoms with Crippen LogP contribution < -0.4 is 5.32 Å². The van der Waals surface area contributed by atoms with Crippen molar-refractivity contribution in [2.45, 2.75) is 25.2 Å². The van der Waals surface area contributed by atoms with Gasteiger partial charge in [0.1, 0.15) is 5.82 Å². The smallest absolute Gasteiger partial charge is 0.317 e. The van der Waals surface area contributed by atoms with Crippen molar-refractivity contribution in [3.05, 3.63) is 65.0 Å². The lowest BCUT2D eigenvalue weighted by Crippen LogP contribution is -2.53. The molecule has 1 heterocycles. The molecule has 0 aromatic heterocycles. The van der Waals surface area contributed by atoms with Gasteiger partial charge in [0.2, 0.25) is 10.0 Å². The lowest BCUT2D eigenvalue weighted by atomic mass is 10.1. The number of hydrogen-bond acceptors (Lipinski definition) is 3. The van der Waals surface area contributed by atoms with E-state index in [9.17, 15) is 17.6 Å². The zero-order chi connectivity index (χ0) is 21.0. The summed E-state index contributed by atoms with van der Waals surface area (Å²) in [4.78, 5) is 14.2. The van der Waals surface area contributed by atoms with Crippen molar-refractivity contribution in [2.75, 3.05) is 32.7 Å². The zero-order valence-corrected chi connectivity index (χ0v) is 17.5. The summed E-state index contributed by atoms with van der Waals surface area (Å²) in [5.41, 5.74) is 2.79. The molecule has 2 amide bonds. The molecule has 1 aliphatic heterocycles.